The van der Waals surface area contributed by atoms with Gasteiger partial charge in [0.1, 0.15) is 11.6 Å². The number of likely N-dealkylation sites (tertiary alicyclic amines) is 1. The van der Waals surface area contributed by atoms with Crippen LogP contribution < -0.4 is 0 Å². The molecule has 0 saturated carbocycles. The Bertz CT molecular complexity index is 656. The molecule has 0 spiro atoms. The number of thioether (sulfide) groups is 1. The van der Waals surface area contributed by atoms with Crippen LogP contribution in [0.3, 0.4) is 0 Å². The molecule has 1 heterocycles. The number of hydrogen-bond acceptors (Lipinski definition) is 6. The summed E-state index contributed by atoms with van der Waals surface area (Å²) in [5.41, 5.74) is -0.0672. The molecule has 1 aliphatic rings. The van der Waals surface area contributed by atoms with Gasteiger partial charge in [0.25, 0.3) is 0 Å². The Labute approximate surface area is 158 Å². The third kappa shape index (κ3) is 5.49. The van der Waals surface area contributed by atoms with Crippen LogP contribution in [0.4, 0.5) is 4.79 Å². The standard InChI is InChI=1S/C19H25NO5S/c1-5-24-16(21)15-11-14(12-20(15)18(23)25-19(2,3)4)26-17(22)13-9-7-6-8-10-13/h6-10,14-15H,5,11-12H2,1-4H3/t14-,15-/m0/s1. The quantitative estimate of drug-likeness (QED) is 0.746. The van der Waals surface area contributed by atoms with Gasteiger partial charge >= 0.3 is 12.1 Å². The average molecular weight is 379 g/mol. The maximum Gasteiger partial charge on any atom is 0.411 e. The van der Waals surface area contributed by atoms with Gasteiger partial charge in [0.05, 0.1) is 6.61 Å². The predicted octanol–water partition coefficient (Wildman–Crippen LogP) is 3.50. The number of hydrogen-bond donors (Lipinski definition) is 0. The lowest BCUT2D eigenvalue weighted by Crippen LogP contribution is -2.44. The Kier molecular flexibility index (Phi) is 6.69. The number of rotatable bonds is 4. The molecule has 142 valence electrons. The zero-order valence-corrected chi connectivity index (χ0v) is 16.4. The molecule has 2 rings (SSSR count). The van der Waals surface area contributed by atoms with Gasteiger partial charge in [-0.2, -0.15) is 0 Å². The summed E-state index contributed by atoms with van der Waals surface area (Å²) in [5.74, 6) is -0.464. The molecule has 0 aromatic heterocycles. The summed E-state index contributed by atoms with van der Waals surface area (Å²) in [5, 5.41) is -0.270. The number of amides is 1. The van der Waals surface area contributed by atoms with Crippen molar-refractivity contribution in [1.29, 1.82) is 0 Å². The van der Waals surface area contributed by atoms with Crippen LogP contribution in [0.5, 0.6) is 0 Å². The van der Waals surface area contributed by atoms with Crippen molar-refractivity contribution in [3.63, 3.8) is 0 Å². The summed E-state index contributed by atoms with van der Waals surface area (Å²) in [7, 11) is 0. The number of benzene rings is 1. The highest BCUT2D eigenvalue weighted by atomic mass is 32.2. The summed E-state index contributed by atoms with van der Waals surface area (Å²) in [4.78, 5) is 38.5. The van der Waals surface area contributed by atoms with E-state index in [1.165, 1.54) is 4.90 Å². The Balaban J connectivity index is 2.10. The minimum absolute atomic E-state index is 0.0794. The zero-order valence-electron chi connectivity index (χ0n) is 15.6. The van der Waals surface area contributed by atoms with Crippen LogP contribution in [-0.2, 0) is 14.3 Å². The Morgan fingerprint density at radius 3 is 2.42 bits per heavy atom. The van der Waals surface area contributed by atoms with Gasteiger partial charge < -0.3 is 9.47 Å². The van der Waals surface area contributed by atoms with Gasteiger partial charge in [-0.05, 0) is 34.1 Å². The fraction of sp³-hybridized carbons (Fsp3) is 0.526. The summed E-state index contributed by atoms with van der Waals surface area (Å²) in [6, 6.07) is 8.22. The van der Waals surface area contributed by atoms with Crippen LogP contribution in [0, 0.1) is 0 Å². The van der Waals surface area contributed by atoms with Gasteiger partial charge in [-0.1, -0.05) is 42.1 Å². The van der Waals surface area contributed by atoms with E-state index in [9.17, 15) is 14.4 Å². The first-order valence-corrected chi connectivity index (χ1v) is 9.51. The lowest BCUT2D eigenvalue weighted by molar-refractivity contribution is -0.148. The SMILES string of the molecule is CCOC(=O)[C@@H]1C[C@H](SC(=O)c2ccccc2)CN1C(=O)OC(C)(C)C. The number of esters is 1. The molecule has 1 saturated heterocycles. The van der Waals surface area contributed by atoms with Crippen molar-refractivity contribution < 1.29 is 23.9 Å². The first-order chi connectivity index (χ1) is 12.2. The van der Waals surface area contributed by atoms with Crippen LogP contribution >= 0.6 is 11.8 Å². The van der Waals surface area contributed by atoms with Crippen LogP contribution in [0.25, 0.3) is 0 Å². The first kappa shape index (κ1) is 20.3. The van der Waals surface area contributed by atoms with E-state index in [2.05, 4.69) is 0 Å². The van der Waals surface area contributed by atoms with E-state index >= 15 is 0 Å². The molecule has 1 aromatic rings. The minimum atomic E-state index is -0.731. The highest BCUT2D eigenvalue weighted by molar-refractivity contribution is 8.14. The second-order valence-electron chi connectivity index (χ2n) is 7.03. The third-order valence-electron chi connectivity index (χ3n) is 3.73. The fourth-order valence-corrected chi connectivity index (χ4v) is 3.75. The molecule has 1 fully saturated rings. The van der Waals surface area contributed by atoms with Crippen molar-refractivity contribution in [2.24, 2.45) is 0 Å². The lowest BCUT2D eigenvalue weighted by atomic mass is 10.2. The number of carbonyl (C=O) groups excluding carboxylic acids is 3. The maximum atomic E-state index is 12.5. The molecule has 0 N–H and O–H groups in total. The zero-order chi connectivity index (χ0) is 19.3. The fourth-order valence-electron chi connectivity index (χ4n) is 2.66. The van der Waals surface area contributed by atoms with Crippen molar-refractivity contribution in [2.75, 3.05) is 13.2 Å². The molecule has 26 heavy (non-hydrogen) atoms. The minimum Gasteiger partial charge on any atom is -0.464 e. The largest absolute Gasteiger partial charge is 0.464 e. The number of ether oxygens (including phenoxy) is 2. The van der Waals surface area contributed by atoms with E-state index in [0.29, 0.717) is 12.0 Å². The van der Waals surface area contributed by atoms with Crippen LogP contribution in [0.15, 0.2) is 30.3 Å². The topological polar surface area (TPSA) is 72.9 Å². The summed E-state index contributed by atoms with van der Waals surface area (Å²) < 4.78 is 10.5. The predicted molar refractivity (Wildman–Crippen MR) is 100 cm³/mol. The summed E-state index contributed by atoms with van der Waals surface area (Å²) in [6.07, 6.45) is -0.202. The highest BCUT2D eigenvalue weighted by Crippen LogP contribution is 2.31. The molecule has 1 amide bonds. The Morgan fingerprint density at radius 1 is 1.19 bits per heavy atom. The number of carbonyl (C=O) groups is 3. The number of nitrogens with zero attached hydrogens (tertiary/aromatic N) is 1. The van der Waals surface area contributed by atoms with Gasteiger partial charge in [-0.25, -0.2) is 9.59 Å². The molecule has 0 radical (unpaired) electrons. The molecule has 2 atom stereocenters. The summed E-state index contributed by atoms with van der Waals surface area (Å²) >= 11 is 1.14. The van der Waals surface area contributed by atoms with E-state index in [-0.39, 0.29) is 23.5 Å². The van der Waals surface area contributed by atoms with Crippen molar-refractivity contribution in [3.8, 4) is 0 Å². The van der Waals surface area contributed by atoms with Gasteiger partial charge in [0.15, 0.2) is 0 Å². The van der Waals surface area contributed by atoms with E-state index in [1.807, 2.05) is 6.07 Å². The Morgan fingerprint density at radius 2 is 1.85 bits per heavy atom. The van der Waals surface area contributed by atoms with Crippen molar-refractivity contribution in [3.05, 3.63) is 35.9 Å². The van der Waals surface area contributed by atoms with E-state index in [1.54, 1.807) is 52.0 Å². The molecule has 7 heteroatoms. The van der Waals surface area contributed by atoms with Crippen molar-refractivity contribution >= 4 is 28.9 Å². The smallest absolute Gasteiger partial charge is 0.411 e. The lowest BCUT2D eigenvalue weighted by Gasteiger charge is -2.27. The van der Waals surface area contributed by atoms with Gasteiger partial charge in [0.2, 0.25) is 5.12 Å². The molecule has 1 aromatic carbocycles. The monoisotopic (exact) mass is 379 g/mol. The molecule has 1 aliphatic heterocycles. The summed E-state index contributed by atoms with van der Waals surface area (Å²) in [6.45, 7) is 7.53. The molecule has 0 unspecified atom stereocenters. The van der Waals surface area contributed by atoms with Gasteiger partial charge in [0, 0.05) is 17.4 Å². The second kappa shape index (κ2) is 8.58. The Hall–Kier alpha value is -2.02. The molecule has 0 aliphatic carbocycles. The molecule has 6 nitrogen and oxygen atoms in total. The van der Waals surface area contributed by atoms with E-state index in [0.717, 1.165) is 11.8 Å². The average Bonchev–Trinajstić information content (AvgIpc) is 2.98. The highest BCUT2D eigenvalue weighted by Gasteiger charge is 2.43. The molecular formula is C19H25NO5S. The first-order valence-electron chi connectivity index (χ1n) is 8.63. The van der Waals surface area contributed by atoms with Gasteiger partial charge in [-0.15, -0.1) is 0 Å². The van der Waals surface area contributed by atoms with Crippen LogP contribution in [-0.4, -0.2) is 52.1 Å². The molecule has 0 bridgehead atoms. The maximum absolute atomic E-state index is 12.5. The van der Waals surface area contributed by atoms with Crippen LogP contribution in [0.1, 0.15) is 44.5 Å². The van der Waals surface area contributed by atoms with E-state index < -0.39 is 23.7 Å². The molecular weight excluding hydrogens is 354 g/mol. The second-order valence-corrected chi connectivity index (χ2v) is 8.30. The van der Waals surface area contributed by atoms with E-state index in [4.69, 9.17) is 9.47 Å². The normalized spacial score (nSPS) is 19.9. The van der Waals surface area contributed by atoms with Crippen molar-refractivity contribution in [1.82, 2.24) is 4.90 Å². The third-order valence-corrected chi connectivity index (χ3v) is 4.86. The van der Waals surface area contributed by atoms with Crippen LogP contribution in [0.2, 0.25) is 0 Å². The van der Waals surface area contributed by atoms with Crippen molar-refractivity contribution in [2.45, 2.75) is 51.0 Å². The van der Waals surface area contributed by atoms with Gasteiger partial charge in [-0.3, -0.25) is 9.69 Å².